The zero-order valence-corrected chi connectivity index (χ0v) is 14.1. The Labute approximate surface area is 144 Å². The molecule has 2 aliphatic heterocycles. The van der Waals surface area contributed by atoms with Crippen LogP contribution in [0.3, 0.4) is 0 Å². The summed E-state index contributed by atoms with van der Waals surface area (Å²) in [5, 5.41) is 5.01. The molecule has 0 aliphatic carbocycles. The first-order valence-electron chi connectivity index (χ1n) is 8.17. The molecule has 0 atom stereocenters. The molecule has 1 aromatic heterocycles. The molecule has 0 spiro atoms. The third-order valence-corrected chi connectivity index (χ3v) is 5.64. The van der Waals surface area contributed by atoms with Crippen LogP contribution in [0.5, 0.6) is 0 Å². The minimum absolute atomic E-state index is 0.00159. The average molecular weight is 341 g/mol. The van der Waals surface area contributed by atoms with E-state index in [0.29, 0.717) is 26.1 Å². The van der Waals surface area contributed by atoms with Crippen molar-refractivity contribution in [3.8, 4) is 0 Å². The molecule has 6 heteroatoms. The number of thiophene rings is 1. The number of amides is 2. The quantitative estimate of drug-likeness (QED) is 0.913. The van der Waals surface area contributed by atoms with Gasteiger partial charge < -0.3 is 15.1 Å². The molecule has 5 nitrogen and oxygen atoms in total. The van der Waals surface area contributed by atoms with Gasteiger partial charge in [0.2, 0.25) is 11.8 Å². The first-order valence-corrected chi connectivity index (χ1v) is 9.05. The standard InChI is InChI=1S/C18H19N3O2S/c22-17-6-9-20(15-4-2-1-3-14(15)19-17)12-18(23)21-8-5-16-13(11-21)7-10-24-16/h1-4,7,10H,5-6,8-9,11-12H2,(H,19,22). The van der Waals surface area contributed by atoms with Crippen LogP contribution in [0, 0.1) is 0 Å². The van der Waals surface area contributed by atoms with Crippen molar-refractivity contribution < 1.29 is 9.59 Å². The molecule has 1 N–H and O–H groups in total. The van der Waals surface area contributed by atoms with E-state index in [-0.39, 0.29) is 11.8 Å². The second-order valence-corrected chi connectivity index (χ2v) is 7.17. The van der Waals surface area contributed by atoms with Crippen molar-refractivity contribution in [2.24, 2.45) is 0 Å². The van der Waals surface area contributed by atoms with Crippen LogP contribution in [-0.4, -0.2) is 36.3 Å². The average Bonchev–Trinajstić information content (AvgIpc) is 3.00. The van der Waals surface area contributed by atoms with Gasteiger partial charge in [-0.3, -0.25) is 9.59 Å². The van der Waals surface area contributed by atoms with E-state index in [1.807, 2.05) is 34.1 Å². The van der Waals surface area contributed by atoms with Crippen LogP contribution in [0.2, 0.25) is 0 Å². The van der Waals surface area contributed by atoms with Gasteiger partial charge in [0.05, 0.1) is 17.9 Å². The van der Waals surface area contributed by atoms with Gasteiger partial charge in [-0.2, -0.15) is 0 Å². The van der Waals surface area contributed by atoms with Crippen molar-refractivity contribution in [3.05, 3.63) is 46.2 Å². The Morgan fingerprint density at radius 1 is 1.17 bits per heavy atom. The molecule has 2 aromatic rings. The summed E-state index contributed by atoms with van der Waals surface area (Å²) in [6.45, 7) is 2.35. The molecule has 24 heavy (non-hydrogen) atoms. The van der Waals surface area contributed by atoms with E-state index in [9.17, 15) is 9.59 Å². The predicted molar refractivity (Wildman–Crippen MR) is 95.3 cm³/mol. The molecular weight excluding hydrogens is 322 g/mol. The van der Waals surface area contributed by atoms with Gasteiger partial charge in [-0.15, -0.1) is 11.3 Å². The molecule has 0 unspecified atom stereocenters. The summed E-state index contributed by atoms with van der Waals surface area (Å²) in [6.07, 6.45) is 1.34. The fourth-order valence-corrected chi connectivity index (χ4v) is 4.20. The summed E-state index contributed by atoms with van der Waals surface area (Å²) < 4.78 is 0. The highest BCUT2D eigenvalue weighted by atomic mass is 32.1. The van der Waals surface area contributed by atoms with Gasteiger partial charge in [-0.05, 0) is 35.6 Å². The summed E-state index contributed by atoms with van der Waals surface area (Å²) in [5.41, 5.74) is 2.98. The number of fused-ring (bicyclic) bond motifs is 2. The monoisotopic (exact) mass is 341 g/mol. The number of para-hydroxylation sites is 2. The van der Waals surface area contributed by atoms with Crippen molar-refractivity contribution in [1.82, 2.24) is 4.90 Å². The summed E-state index contributed by atoms with van der Waals surface area (Å²) in [4.78, 5) is 30.0. The van der Waals surface area contributed by atoms with Gasteiger partial charge in [-0.25, -0.2) is 0 Å². The van der Waals surface area contributed by atoms with E-state index in [1.54, 1.807) is 11.3 Å². The molecule has 0 bridgehead atoms. The van der Waals surface area contributed by atoms with Crippen molar-refractivity contribution in [2.45, 2.75) is 19.4 Å². The zero-order chi connectivity index (χ0) is 16.5. The predicted octanol–water partition coefficient (Wildman–Crippen LogP) is 2.48. The van der Waals surface area contributed by atoms with E-state index >= 15 is 0 Å². The van der Waals surface area contributed by atoms with E-state index < -0.39 is 0 Å². The summed E-state index contributed by atoms with van der Waals surface area (Å²) in [7, 11) is 0. The molecule has 4 rings (SSSR count). The number of hydrogen-bond acceptors (Lipinski definition) is 4. The minimum atomic E-state index is -0.00159. The fraction of sp³-hybridized carbons (Fsp3) is 0.333. The second-order valence-electron chi connectivity index (χ2n) is 6.17. The van der Waals surface area contributed by atoms with Gasteiger partial charge in [0.1, 0.15) is 0 Å². The lowest BCUT2D eigenvalue weighted by Crippen LogP contribution is -2.42. The Bertz CT molecular complexity index is 786. The molecule has 3 heterocycles. The lowest BCUT2D eigenvalue weighted by Gasteiger charge is -2.30. The number of anilines is 2. The number of carbonyl (C=O) groups is 2. The smallest absolute Gasteiger partial charge is 0.242 e. The van der Waals surface area contributed by atoms with Crippen LogP contribution in [0.1, 0.15) is 16.9 Å². The first-order chi connectivity index (χ1) is 11.7. The van der Waals surface area contributed by atoms with Crippen LogP contribution in [0.25, 0.3) is 0 Å². The van der Waals surface area contributed by atoms with Crippen molar-refractivity contribution in [2.75, 3.05) is 29.9 Å². The molecular formula is C18H19N3O2S. The Kier molecular flexibility index (Phi) is 3.98. The third kappa shape index (κ3) is 2.89. The number of nitrogens with zero attached hydrogens (tertiary/aromatic N) is 2. The highest BCUT2D eigenvalue weighted by molar-refractivity contribution is 7.10. The van der Waals surface area contributed by atoms with Crippen LogP contribution >= 0.6 is 11.3 Å². The maximum absolute atomic E-state index is 12.8. The van der Waals surface area contributed by atoms with Crippen LogP contribution in [0.4, 0.5) is 11.4 Å². The topological polar surface area (TPSA) is 52.7 Å². The van der Waals surface area contributed by atoms with Gasteiger partial charge in [-0.1, -0.05) is 12.1 Å². The van der Waals surface area contributed by atoms with Crippen molar-refractivity contribution >= 4 is 34.5 Å². The van der Waals surface area contributed by atoms with Crippen LogP contribution in [-0.2, 0) is 22.6 Å². The second kappa shape index (κ2) is 6.28. The maximum atomic E-state index is 12.8. The fourth-order valence-electron chi connectivity index (χ4n) is 3.31. The Hall–Kier alpha value is -2.34. The van der Waals surface area contributed by atoms with E-state index in [4.69, 9.17) is 0 Å². The van der Waals surface area contributed by atoms with Gasteiger partial charge in [0.15, 0.2) is 0 Å². The Morgan fingerprint density at radius 2 is 2.04 bits per heavy atom. The zero-order valence-electron chi connectivity index (χ0n) is 13.3. The summed E-state index contributed by atoms with van der Waals surface area (Å²) >= 11 is 1.77. The van der Waals surface area contributed by atoms with Crippen molar-refractivity contribution in [3.63, 3.8) is 0 Å². The van der Waals surface area contributed by atoms with E-state index in [2.05, 4.69) is 16.8 Å². The SMILES string of the molecule is O=C1CCN(CC(=O)N2CCc3sccc3C2)c2ccccc2N1. The number of carbonyl (C=O) groups excluding carboxylic acids is 2. The number of hydrogen-bond donors (Lipinski definition) is 1. The lowest BCUT2D eigenvalue weighted by molar-refractivity contribution is -0.130. The minimum Gasteiger partial charge on any atom is -0.360 e. The molecule has 2 amide bonds. The van der Waals surface area contributed by atoms with E-state index in [1.165, 1.54) is 10.4 Å². The molecule has 124 valence electrons. The van der Waals surface area contributed by atoms with Gasteiger partial charge in [0, 0.05) is 30.9 Å². The first kappa shape index (κ1) is 15.2. The number of rotatable bonds is 2. The van der Waals surface area contributed by atoms with Gasteiger partial charge >= 0.3 is 0 Å². The molecule has 0 saturated carbocycles. The van der Waals surface area contributed by atoms with E-state index in [0.717, 1.165) is 24.3 Å². The Morgan fingerprint density at radius 3 is 2.96 bits per heavy atom. The molecule has 1 aromatic carbocycles. The highest BCUT2D eigenvalue weighted by Crippen LogP contribution is 2.29. The van der Waals surface area contributed by atoms with Crippen molar-refractivity contribution in [1.29, 1.82) is 0 Å². The number of benzene rings is 1. The largest absolute Gasteiger partial charge is 0.360 e. The highest BCUT2D eigenvalue weighted by Gasteiger charge is 2.25. The molecule has 2 aliphatic rings. The third-order valence-electron chi connectivity index (χ3n) is 4.61. The van der Waals surface area contributed by atoms with Crippen LogP contribution in [0.15, 0.2) is 35.7 Å². The molecule has 0 radical (unpaired) electrons. The maximum Gasteiger partial charge on any atom is 0.242 e. The summed E-state index contributed by atoms with van der Waals surface area (Å²) in [6, 6.07) is 9.79. The normalized spacial score (nSPS) is 16.9. The van der Waals surface area contributed by atoms with Gasteiger partial charge in [0.25, 0.3) is 0 Å². The van der Waals surface area contributed by atoms with Crippen LogP contribution < -0.4 is 10.2 Å². The molecule has 0 fully saturated rings. The Balaban J connectivity index is 1.51. The number of nitrogens with one attached hydrogen (secondary N) is 1. The lowest BCUT2D eigenvalue weighted by atomic mass is 10.1. The molecule has 0 saturated heterocycles. The summed E-state index contributed by atoms with van der Waals surface area (Å²) in [5.74, 6) is 0.120.